The number of nitrogens with one attached hydrogen (secondary N) is 1. The lowest BCUT2D eigenvalue weighted by Gasteiger charge is -2.32. The fourth-order valence-corrected chi connectivity index (χ4v) is 1.85. The molecule has 0 aliphatic heterocycles. The molecule has 0 saturated heterocycles. The molecule has 0 aliphatic carbocycles. The number of rotatable bonds is 5. The molecular formula is C13H21N5. The van der Waals surface area contributed by atoms with Gasteiger partial charge in [0.1, 0.15) is 11.6 Å². The molecule has 0 radical (unpaired) electrons. The fourth-order valence-electron chi connectivity index (χ4n) is 1.85. The normalized spacial score (nSPS) is 11.1. The van der Waals surface area contributed by atoms with E-state index in [4.69, 9.17) is 5.73 Å². The van der Waals surface area contributed by atoms with E-state index in [0.717, 1.165) is 24.1 Å². The second-order valence-corrected chi connectivity index (χ2v) is 4.56. The molecule has 0 unspecified atom stereocenters. The summed E-state index contributed by atoms with van der Waals surface area (Å²) in [4.78, 5) is 0. The summed E-state index contributed by atoms with van der Waals surface area (Å²) >= 11 is 0. The Morgan fingerprint density at radius 2 is 1.89 bits per heavy atom. The molecule has 1 aromatic rings. The van der Waals surface area contributed by atoms with Crippen molar-refractivity contribution in [3.05, 3.63) is 16.8 Å². The highest BCUT2D eigenvalue weighted by Gasteiger charge is 2.26. The van der Waals surface area contributed by atoms with E-state index in [-0.39, 0.29) is 5.54 Å². The molecule has 98 valence electrons. The van der Waals surface area contributed by atoms with E-state index in [2.05, 4.69) is 35.4 Å². The van der Waals surface area contributed by atoms with Crippen molar-refractivity contribution in [2.45, 2.75) is 46.1 Å². The summed E-state index contributed by atoms with van der Waals surface area (Å²) in [5.41, 5.74) is 7.83. The Morgan fingerprint density at radius 1 is 1.28 bits per heavy atom. The first kappa shape index (κ1) is 14.4. The molecule has 0 fully saturated rings. The summed E-state index contributed by atoms with van der Waals surface area (Å²) in [6.45, 7) is 8.38. The van der Waals surface area contributed by atoms with Crippen LogP contribution in [0.2, 0.25) is 0 Å². The second kappa shape index (κ2) is 5.78. The number of nitrogens with zero attached hydrogens (tertiary/aromatic N) is 3. The van der Waals surface area contributed by atoms with Gasteiger partial charge in [-0.15, -0.1) is 5.10 Å². The van der Waals surface area contributed by atoms with E-state index in [0.29, 0.717) is 17.9 Å². The number of nitrogens with two attached hydrogens (primary N) is 1. The highest BCUT2D eigenvalue weighted by molar-refractivity contribution is 5.57. The number of aromatic nitrogens is 2. The van der Waals surface area contributed by atoms with E-state index in [1.807, 2.05) is 13.8 Å². The van der Waals surface area contributed by atoms with E-state index in [9.17, 15) is 5.26 Å². The summed E-state index contributed by atoms with van der Waals surface area (Å²) in [5, 5.41) is 20.7. The Balaban J connectivity index is 3.20. The minimum absolute atomic E-state index is 0.220. The van der Waals surface area contributed by atoms with E-state index in [1.54, 1.807) is 0 Å². The SMILES string of the molecule is CCC(CC)(CN)Nc1nnc(C)c(C)c1C#N. The van der Waals surface area contributed by atoms with Crippen molar-refractivity contribution in [3.8, 4) is 6.07 Å². The maximum atomic E-state index is 9.25. The number of hydrogen-bond acceptors (Lipinski definition) is 5. The standard InChI is InChI=1S/C13H21N5/c1-5-13(6-2,8-15)16-12-11(7-14)9(3)10(4)17-18-12/h5-6,8,15H2,1-4H3,(H,16,18). The Hall–Kier alpha value is -1.67. The number of anilines is 1. The topological polar surface area (TPSA) is 87.6 Å². The second-order valence-electron chi connectivity index (χ2n) is 4.56. The van der Waals surface area contributed by atoms with Gasteiger partial charge in [0.05, 0.1) is 11.2 Å². The van der Waals surface area contributed by atoms with Crippen LogP contribution in [0.15, 0.2) is 0 Å². The van der Waals surface area contributed by atoms with Crippen LogP contribution in [0.4, 0.5) is 5.82 Å². The summed E-state index contributed by atoms with van der Waals surface area (Å²) in [7, 11) is 0. The molecule has 1 heterocycles. The zero-order valence-electron chi connectivity index (χ0n) is 11.5. The molecule has 0 bridgehead atoms. The molecule has 18 heavy (non-hydrogen) atoms. The molecule has 5 nitrogen and oxygen atoms in total. The number of aryl methyl sites for hydroxylation is 1. The Kier molecular flexibility index (Phi) is 4.62. The van der Waals surface area contributed by atoms with Crippen LogP contribution >= 0.6 is 0 Å². The van der Waals surface area contributed by atoms with Crippen molar-refractivity contribution in [1.29, 1.82) is 5.26 Å². The molecule has 1 rings (SSSR count). The monoisotopic (exact) mass is 247 g/mol. The summed E-state index contributed by atoms with van der Waals surface area (Å²) in [5.74, 6) is 0.537. The third kappa shape index (κ3) is 2.59. The summed E-state index contributed by atoms with van der Waals surface area (Å²) in [6.07, 6.45) is 1.75. The van der Waals surface area contributed by atoms with Gasteiger partial charge in [0.15, 0.2) is 5.82 Å². The predicted octanol–water partition coefficient (Wildman–Crippen LogP) is 1.89. The third-order valence-corrected chi connectivity index (χ3v) is 3.69. The van der Waals surface area contributed by atoms with Gasteiger partial charge in [0.2, 0.25) is 0 Å². The predicted molar refractivity (Wildman–Crippen MR) is 72.2 cm³/mol. The Labute approximate surface area is 108 Å². The van der Waals surface area contributed by atoms with Crippen molar-refractivity contribution >= 4 is 5.82 Å². The molecule has 3 N–H and O–H groups in total. The minimum Gasteiger partial charge on any atom is -0.361 e. The van der Waals surface area contributed by atoms with Crippen molar-refractivity contribution in [3.63, 3.8) is 0 Å². The van der Waals surface area contributed by atoms with E-state index >= 15 is 0 Å². The van der Waals surface area contributed by atoms with Gasteiger partial charge in [-0.05, 0) is 32.3 Å². The highest BCUT2D eigenvalue weighted by Crippen LogP contribution is 2.24. The quantitative estimate of drug-likeness (QED) is 0.829. The summed E-state index contributed by atoms with van der Waals surface area (Å²) in [6, 6.07) is 2.19. The fraction of sp³-hybridized carbons (Fsp3) is 0.615. The van der Waals surface area contributed by atoms with Crippen molar-refractivity contribution < 1.29 is 0 Å². The lowest BCUT2D eigenvalue weighted by molar-refractivity contribution is 0.443. The minimum atomic E-state index is -0.220. The summed E-state index contributed by atoms with van der Waals surface area (Å²) < 4.78 is 0. The van der Waals surface area contributed by atoms with Gasteiger partial charge < -0.3 is 11.1 Å². The van der Waals surface area contributed by atoms with E-state index < -0.39 is 0 Å². The lowest BCUT2D eigenvalue weighted by atomic mass is 9.92. The molecule has 0 aromatic carbocycles. The molecule has 0 atom stereocenters. The van der Waals surface area contributed by atoms with Crippen LogP contribution in [0.25, 0.3) is 0 Å². The zero-order valence-corrected chi connectivity index (χ0v) is 11.5. The van der Waals surface area contributed by atoms with Gasteiger partial charge in [-0.3, -0.25) is 0 Å². The molecule has 0 spiro atoms. The van der Waals surface area contributed by atoms with Gasteiger partial charge in [-0.1, -0.05) is 13.8 Å². The Morgan fingerprint density at radius 3 is 2.33 bits per heavy atom. The van der Waals surface area contributed by atoms with Crippen LogP contribution < -0.4 is 11.1 Å². The van der Waals surface area contributed by atoms with E-state index in [1.165, 1.54) is 0 Å². The maximum absolute atomic E-state index is 9.25. The van der Waals surface area contributed by atoms with Gasteiger partial charge >= 0.3 is 0 Å². The molecular weight excluding hydrogens is 226 g/mol. The molecule has 0 amide bonds. The first-order valence-corrected chi connectivity index (χ1v) is 6.25. The molecule has 0 aliphatic rings. The van der Waals surface area contributed by atoms with Crippen LogP contribution in [0.1, 0.15) is 43.5 Å². The molecule has 0 saturated carbocycles. The first-order chi connectivity index (χ1) is 8.53. The highest BCUT2D eigenvalue weighted by atomic mass is 15.2. The van der Waals surface area contributed by atoms with Gasteiger partial charge in [-0.25, -0.2) is 0 Å². The van der Waals surface area contributed by atoms with Gasteiger partial charge in [0, 0.05) is 6.54 Å². The number of hydrogen-bond donors (Lipinski definition) is 2. The zero-order chi connectivity index (χ0) is 13.8. The van der Waals surface area contributed by atoms with Crippen LogP contribution in [0.3, 0.4) is 0 Å². The largest absolute Gasteiger partial charge is 0.361 e. The third-order valence-electron chi connectivity index (χ3n) is 3.69. The van der Waals surface area contributed by atoms with Crippen LogP contribution in [-0.4, -0.2) is 22.3 Å². The van der Waals surface area contributed by atoms with Crippen molar-refractivity contribution in [2.75, 3.05) is 11.9 Å². The van der Waals surface area contributed by atoms with Gasteiger partial charge in [0.25, 0.3) is 0 Å². The van der Waals surface area contributed by atoms with Crippen LogP contribution in [0.5, 0.6) is 0 Å². The van der Waals surface area contributed by atoms with Crippen LogP contribution in [0, 0.1) is 25.2 Å². The van der Waals surface area contributed by atoms with Crippen LogP contribution in [-0.2, 0) is 0 Å². The molecule has 5 heteroatoms. The van der Waals surface area contributed by atoms with Crippen molar-refractivity contribution in [2.24, 2.45) is 5.73 Å². The maximum Gasteiger partial charge on any atom is 0.167 e. The number of nitriles is 1. The average Bonchev–Trinajstić information content (AvgIpc) is 2.40. The lowest BCUT2D eigenvalue weighted by Crippen LogP contribution is -2.45. The smallest absolute Gasteiger partial charge is 0.167 e. The molecule has 1 aromatic heterocycles. The first-order valence-electron chi connectivity index (χ1n) is 6.25. The Bertz CT molecular complexity index is 449. The average molecular weight is 247 g/mol. The van der Waals surface area contributed by atoms with Gasteiger partial charge in [-0.2, -0.15) is 10.4 Å². The van der Waals surface area contributed by atoms with Crippen molar-refractivity contribution in [1.82, 2.24) is 10.2 Å².